The standard InChI is InChI=1S/C17H11FO2/c18-16-5-3-12(4-6-16)13-1-2-14(10-19)17(9-13)15-7-8-20-11-15/h1-11H. The van der Waals surface area contributed by atoms with Gasteiger partial charge in [0, 0.05) is 11.1 Å². The normalized spacial score (nSPS) is 10.4. The van der Waals surface area contributed by atoms with E-state index in [4.69, 9.17) is 4.42 Å². The lowest BCUT2D eigenvalue weighted by molar-refractivity contribution is 0.112. The first-order valence-electron chi connectivity index (χ1n) is 6.15. The van der Waals surface area contributed by atoms with Crippen LogP contribution in [0.4, 0.5) is 4.39 Å². The van der Waals surface area contributed by atoms with E-state index in [1.165, 1.54) is 12.1 Å². The van der Waals surface area contributed by atoms with Crippen molar-refractivity contribution in [2.45, 2.75) is 0 Å². The Balaban J connectivity index is 2.12. The van der Waals surface area contributed by atoms with Crippen molar-refractivity contribution in [1.82, 2.24) is 0 Å². The highest BCUT2D eigenvalue weighted by Gasteiger charge is 2.08. The van der Waals surface area contributed by atoms with Gasteiger partial charge < -0.3 is 4.42 Å². The van der Waals surface area contributed by atoms with Crippen molar-refractivity contribution in [3.05, 3.63) is 72.4 Å². The topological polar surface area (TPSA) is 30.2 Å². The fraction of sp³-hybridized carbons (Fsp3) is 0. The third-order valence-corrected chi connectivity index (χ3v) is 3.19. The fourth-order valence-corrected chi connectivity index (χ4v) is 2.15. The molecule has 0 spiro atoms. The summed E-state index contributed by atoms with van der Waals surface area (Å²) in [5, 5.41) is 0. The first kappa shape index (κ1) is 12.4. The lowest BCUT2D eigenvalue weighted by atomic mass is 9.96. The van der Waals surface area contributed by atoms with Crippen LogP contribution < -0.4 is 0 Å². The van der Waals surface area contributed by atoms with E-state index in [1.807, 2.05) is 12.1 Å². The molecule has 0 unspecified atom stereocenters. The molecule has 0 saturated carbocycles. The summed E-state index contributed by atoms with van der Waals surface area (Å²) in [7, 11) is 0. The molecule has 3 aromatic rings. The second-order valence-corrected chi connectivity index (χ2v) is 4.44. The van der Waals surface area contributed by atoms with Gasteiger partial charge in [-0.25, -0.2) is 4.39 Å². The second-order valence-electron chi connectivity index (χ2n) is 4.44. The number of hydrogen-bond acceptors (Lipinski definition) is 2. The maximum absolute atomic E-state index is 13.0. The van der Waals surface area contributed by atoms with E-state index in [0.717, 1.165) is 28.5 Å². The first-order valence-corrected chi connectivity index (χ1v) is 6.15. The van der Waals surface area contributed by atoms with Crippen LogP contribution in [-0.2, 0) is 0 Å². The molecule has 2 nitrogen and oxygen atoms in total. The van der Waals surface area contributed by atoms with Crippen LogP contribution in [0.3, 0.4) is 0 Å². The smallest absolute Gasteiger partial charge is 0.150 e. The van der Waals surface area contributed by atoms with Gasteiger partial charge in [0.05, 0.1) is 12.5 Å². The summed E-state index contributed by atoms with van der Waals surface area (Å²) in [4.78, 5) is 11.1. The quantitative estimate of drug-likeness (QED) is 0.650. The van der Waals surface area contributed by atoms with E-state index in [2.05, 4.69) is 0 Å². The number of aldehydes is 1. The Labute approximate surface area is 115 Å². The Hall–Kier alpha value is -2.68. The van der Waals surface area contributed by atoms with E-state index in [1.54, 1.807) is 36.8 Å². The summed E-state index contributed by atoms with van der Waals surface area (Å²) in [6.45, 7) is 0. The van der Waals surface area contributed by atoms with Crippen LogP contribution in [-0.4, -0.2) is 6.29 Å². The minimum absolute atomic E-state index is 0.270. The van der Waals surface area contributed by atoms with Gasteiger partial charge in [0.15, 0.2) is 6.29 Å². The zero-order valence-electron chi connectivity index (χ0n) is 10.5. The van der Waals surface area contributed by atoms with Crippen molar-refractivity contribution < 1.29 is 13.6 Å². The maximum Gasteiger partial charge on any atom is 0.150 e. The van der Waals surface area contributed by atoms with E-state index in [-0.39, 0.29) is 5.82 Å². The van der Waals surface area contributed by atoms with Gasteiger partial charge in [-0.15, -0.1) is 0 Å². The van der Waals surface area contributed by atoms with Crippen LogP contribution in [0.5, 0.6) is 0 Å². The number of furan rings is 1. The summed E-state index contributed by atoms with van der Waals surface area (Å²) in [5.74, 6) is -0.270. The fourth-order valence-electron chi connectivity index (χ4n) is 2.15. The highest BCUT2D eigenvalue weighted by molar-refractivity contribution is 5.89. The Bertz CT molecular complexity index is 728. The largest absolute Gasteiger partial charge is 0.472 e. The highest BCUT2D eigenvalue weighted by Crippen LogP contribution is 2.29. The van der Waals surface area contributed by atoms with Crippen LogP contribution in [0.25, 0.3) is 22.3 Å². The molecule has 0 aliphatic heterocycles. The predicted octanol–water partition coefficient (Wildman–Crippen LogP) is 4.57. The molecule has 2 aromatic carbocycles. The maximum atomic E-state index is 13.0. The van der Waals surface area contributed by atoms with Crippen LogP contribution in [0, 0.1) is 5.82 Å². The molecule has 0 radical (unpaired) electrons. The van der Waals surface area contributed by atoms with Crippen molar-refractivity contribution in [2.75, 3.05) is 0 Å². The van der Waals surface area contributed by atoms with Crippen LogP contribution in [0.2, 0.25) is 0 Å². The average molecular weight is 266 g/mol. The third-order valence-electron chi connectivity index (χ3n) is 3.19. The zero-order valence-corrected chi connectivity index (χ0v) is 10.5. The first-order chi connectivity index (χ1) is 9.78. The number of halogens is 1. The minimum Gasteiger partial charge on any atom is -0.472 e. The molecule has 3 heteroatoms. The van der Waals surface area contributed by atoms with Gasteiger partial charge in [-0.1, -0.05) is 24.3 Å². The third kappa shape index (κ3) is 2.26. The highest BCUT2D eigenvalue weighted by atomic mass is 19.1. The van der Waals surface area contributed by atoms with E-state index in [9.17, 15) is 9.18 Å². The zero-order chi connectivity index (χ0) is 13.9. The molecule has 1 heterocycles. The Morgan fingerprint density at radius 1 is 0.900 bits per heavy atom. The Kier molecular flexibility index (Phi) is 3.17. The summed E-state index contributed by atoms with van der Waals surface area (Å²) < 4.78 is 18.0. The molecule has 0 atom stereocenters. The lowest BCUT2D eigenvalue weighted by Gasteiger charge is -2.07. The molecular formula is C17H11FO2. The molecule has 0 fully saturated rings. The molecule has 0 N–H and O–H groups in total. The molecule has 0 saturated heterocycles. The monoisotopic (exact) mass is 266 g/mol. The molecule has 3 rings (SSSR count). The molecule has 0 bridgehead atoms. The van der Waals surface area contributed by atoms with Crippen LogP contribution in [0.15, 0.2) is 65.5 Å². The van der Waals surface area contributed by atoms with Crippen LogP contribution >= 0.6 is 0 Å². The molecular weight excluding hydrogens is 255 g/mol. The Morgan fingerprint density at radius 3 is 2.30 bits per heavy atom. The van der Waals surface area contributed by atoms with Gasteiger partial charge in [0.1, 0.15) is 5.82 Å². The molecule has 0 aliphatic rings. The lowest BCUT2D eigenvalue weighted by Crippen LogP contribution is -1.88. The van der Waals surface area contributed by atoms with Crippen molar-refractivity contribution in [3.63, 3.8) is 0 Å². The number of carbonyl (C=O) groups excluding carboxylic acids is 1. The number of hydrogen-bond donors (Lipinski definition) is 0. The van der Waals surface area contributed by atoms with E-state index in [0.29, 0.717) is 5.56 Å². The van der Waals surface area contributed by atoms with Gasteiger partial charge in [0.25, 0.3) is 0 Å². The van der Waals surface area contributed by atoms with Gasteiger partial charge in [-0.2, -0.15) is 0 Å². The van der Waals surface area contributed by atoms with Crippen molar-refractivity contribution in [1.29, 1.82) is 0 Å². The van der Waals surface area contributed by atoms with Crippen molar-refractivity contribution in [3.8, 4) is 22.3 Å². The SMILES string of the molecule is O=Cc1ccc(-c2ccc(F)cc2)cc1-c1ccoc1. The average Bonchev–Trinajstić information content (AvgIpc) is 3.01. The number of benzene rings is 2. The summed E-state index contributed by atoms with van der Waals surface area (Å²) in [6.07, 6.45) is 3.97. The van der Waals surface area contributed by atoms with E-state index < -0.39 is 0 Å². The number of rotatable bonds is 3. The molecule has 0 amide bonds. The van der Waals surface area contributed by atoms with Crippen molar-refractivity contribution >= 4 is 6.29 Å². The Morgan fingerprint density at radius 2 is 1.65 bits per heavy atom. The molecule has 20 heavy (non-hydrogen) atoms. The van der Waals surface area contributed by atoms with Gasteiger partial charge in [-0.05, 0) is 41.0 Å². The molecule has 0 aliphatic carbocycles. The van der Waals surface area contributed by atoms with Gasteiger partial charge in [0.2, 0.25) is 0 Å². The number of carbonyl (C=O) groups is 1. The second kappa shape index (κ2) is 5.13. The molecule has 1 aromatic heterocycles. The predicted molar refractivity (Wildman–Crippen MR) is 74.9 cm³/mol. The van der Waals surface area contributed by atoms with Gasteiger partial charge >= 0.3 is 0 Å². The molecule has 98 valence electrons. The summed E-state index contributed by atoms with van der Waals surface area (Å²) in [6, 6.07) is 13.6. The summed E-state index contributed by atoms with van der Waals surface area (Å²) in [5.41, 5.74) is 4.06. The van der Waals surface area contributed by atoms with Crippen molar-refractivity contribution in [2.24, 2.45) is 0 Å². The minimum atomic E-state index is -0.270. The van der Waals surface area contributed by atoms with Crippen LogP contribution in [0.1, 0.15) is 10.4 Å². The van der Waals surface area contributed by atoms with E-state index >= 15 is 0 Å². The van der Waals surface area contributed by atoms with Gasteiger partial charge in [-0.3, -0.25) is 4.79 Å². The summed E-state index contributed by atoms with van der Waals surface area (Å²) >= 11 is 0.